The van der Waals surface area contributed by atoms with E-state index in [-0.39, 0.29) is 43.1 Å². The van der Waals surface area contributed by atoms with Crippen molar-refractivity contribution in [2.45, 2.75) is 51.6 Å². The summed E-state index contributed by atoms with van der Waals surface area (Å²) in [6.07, 6.45) is 4.52. The van der Waals surface area contributed by atoms with Crippen molar-refractivity contribution in [3.05, 3.63) is 72.3 Å². The van der Waals surface area contributed by atoms with Crippen LogP contribution in [0.5, 0.6) is 0 Å². The number of rotatable bonds is 11. The first-order chi connectivity index (χ1) is 22.2. The second kappa shape index (κ2) is 14.8. The summed E-state index contributed by atoms with van der Waals surface area (Å²) in [4.78, 5) is 48.6. The van der Waals surface area contributed by atoms with Gasteiger partial charge in [0.2, 0.25) is 5.91 Å². The summed E-state index contributed by atoms with van der Waals surface area (Å²) in [5.74, 6) is 0.784. The number of aromatic amines is 1. The van der Waals surface area contributed by atoms with Gasteiger partial charge in [-0.25, -0.2) is 14.8 Å². The summed E-state index contributed by atoms with van der Waals surface area (Å²) in [7, 11) is 0. The van der Waals surface area contributed by atoms with E-state index in [1.165, 1.54) is 0 Å². The number of amides is 3. The molecule has 0 radical (unpaired) electrons. The number of ether oxygens (including phenoxy) is 2. The van der Waals surface area contributed by atoms with Crippen LogP contribution in [0.3, 0.4) is 0 Å². The Hall–Kier alpha value is -5.11. The molecule has 0 aliphatic carbocycles. The maximum atomic E-state index is 13.3. The fourth-order valence-electron chi connectivity index (χ4n) is 5.02. The molecular weight excluding hydrogens is 590 g/mol. The molecule has 0 atom stereocenters. The van der Waals surface area contributed by atoms with Gasteiger partial charge in [0.25, 0.3) is 5.91 Å². The zero-order valence-electron chi connectivity index (χ0n) is 26.2. The molecule has 1 aliphatic heterocycles. The highest BCUT2D eigenvalue weighted by Crippen LogP contribution is 2.30. The third-order valence-corrected chi connectivity index (χ3v) is 7.24. The molecule has 5 heterocycles. The summed E-state index contributed by atoms with van der Waals surface area (Å²) < 4.78 is 12.3. The van der Waals surface area contributed by atoms with E-state index in [0.29, 0.717) is 42.7 Å². The molecule has 4 aromatic heterocycles. The van der Waals surface area contributed by atoms with Crippen LogP contribution in [0, 0.1) is 0 Å². The molecule has 1 fully saturated rings. The van der Waals surface area contributed by atoms with Crippen LogP contribution >= 0.6 is 0 Å². The van der Waals surface area contributed by atoms with Gasteiger partial charge >= 0.3 is 6.09 Å². The maximum absolute atomic E-state index is 13.3. The Balaban J connectivity index is 1.15. The van der Waals surface area contributed by atoms with E-state index < -0.39 is 11.7 Å². The molecule has 3 amide bonds. The quantitative estimate of drug-likeness (QED) is 0.208. The molecule has 5 rings (SSSR count). The Kier molecular flexibility index (Phi) is 10.4. The molecule has 14 nitrogen and oxygen atoms in total. The van der Waals surface area contributed by atoms with Gasteiger partial charge in [-0.15, -0.1) is 0 Å². The van der Waals surface area contributed by atoms with Gasteiger partial charge in [0, 0.05) is 44.0 Å². The van der Waals surface area contributed by atoms with Crippen LogP contribution in [0.2, 0.25) is 0 Å². The lowest BCUT2D eigenvalue weighted by molar-refractivity contribution is -0.133. The minimum Gasteiger partial charge on any atom is -0.444 e. The number of alkyl carbamates (subject to hydrolysis) is 1. The first kappa shape index (κ1) is 32.3. The fraction of sp³-hybridized carbons (Fsp3) is 0.406. The minimum atomic E-state index is -0.561. The molecule has 1 saturated heterocycles. The smallest absolute Gasteiger partial charge is 0.407 e. The van der Waals surface area contributed by atoms with Gasteiger partial charge in [-0.05, 0) is 63.9 Å². The molecule has 1 aliphatic rings. The minimum absolute atomic E-state index is 0.0235. The molecule has 14 heteroatoms. The number of H-pyrrole nitrogens is 1. The van der Waals surface area contributed by atoms with E-state index >= 15 is 0 Å². The number of carbonyl (C=O) groups is 3. The second-order valence-corrected chi connectivity index (χ2v) is 11.8. The third kappa shape index (κ3) is 8.75. The van der Waals surface area contributed by atoms with Crippen molar-refractivity contribution < 1.29 is 23.9 Å². The predicted octanol–water partition coefficient (Wildman–Crippen LogP) is 3.94. The normalized spacial score (nSPS) is 13.8. The highest BCUT2D eigenvalue weighted by Gasteiger charge is 2.27. The van der Waals surface area contributed by atoms with Crippen LogP contribution in [0.25, 0.3) is 17.2 Å². The number of carbonyl (C=O) groups excluding carboxylic acids is 3. The Bertz CT molecular complexity index is 1610. The lowest BCUT2D eigenvalue weighted by Crippen LogP contribution is -2.38. The molecule has 46 heavy (non-hydrogen) atoms. The fourth-order valence-corrected chi connectivity index (χ4v) is 5.02. The number of piperidine rings is 1. The highest BCUT2D eigenvalue weighted by atomic mass is 16.6. The Morgan fingerprint density at radius 1 is 1.02 bits per heavy atom. The van der Waals surface area contributed by atoms with Crippen molar-refractivity contribution in [2.75, 3.05) is 38.2 Å². The van der Waals surface area contributed by atoms with E-state index in [9.17, 15) is 14.4 Å². The number of hydrogen-bond donors (Lipinski definition) is 3. The van der Waals surface area contributed by atoms with E-state index in [0.717, 1.165) is 18.5 Å². The third-order valence-electron chi connectivity index (χ3n) is 7.24. The first-order valence-corrected chi connectivity index (χ1v) is 15.3. The number of pyridine rings is 2. The molecular formula is C32H39N9O5. The second-order valence-electron chi connectivity index (χ2n) is 11.8. The summed E-state index contributed by atoms with van der Waals surface area (Å²) in [6.45, 7) is 7.44. The van der Waals surface area contributed by atoms with Crippen LogP contribution in [-0.4, -0.2) is 91.2 Å². The molecule has 4 aromatic rings. The lowest BCUT2D eigenvalue weighted by Gasteiger charge is -2.31. The lowest BCUT2D eigenvalue weighted by atomic mass is 9.93. The van der Waals surface area contributed by atoms with Gasteiger partial charge in [0.1, 0.15) is 17.1 Å². The number of nitrogens with one attached hydrogen (secondary N) is 3. The number of likely N-dealkylation sites (tertiary alicyclic amines) is 1. The zero-order valence-corrected chi connectivity index (χ0v) is 26.2. The molecule has 0 spiro atoms. The van der Waals surface area contributed by atoms with Gasteiger partial charge in [0.05, 0.1) is 36.7 Å². The van der Waals surface area contributed by atoms with Crippen LogP contribution in [0.1, 0.15) is 62.1 Å². The largest absolute Gasteiger partial charge is 0.444 e. The first-order valence-electron chi connectivity index (χ1n) is 15.3. The average molecular weight is 630 g/mol. The SMILES string of the molecule is CC(C)(C)OC(=O)NCCOCCC(=O)N1CCC(c2cc(NC(=O)c3cccc(-c4ccn[nH]4)n3)n(-c3ccccn3)n2)CC1. The van der Waals surface area contributed by atoms with Gasteiger partial charge in [0.15, 0.2) is 5.82 Å². The summed E-state index contributed by atoms with van der Waals surface area (Å²) >= 11 is 0. The number of nitrogens with zero attached hydrogens (tertiary/aromatic N) is 6. The van der Waals surface area contributed by atoms with Crippen molar-refractivity contribution in [2.24, 2.45) is 0 Å². The van der Waals surface area contributed by atoms with Crippen molar-refractivity contribution in [1.82, 2.24) is 40.2 Å². The van der Waals surface area contributed by atoms with Crippen molar-refractivity contribution in [1.29, 1.82) is 0 Å². The van der Waals surface area contributed by atoms with Crippen molar-refractivity contribution >= 4 is 23.7 Å². The van der Waals surface area contributed by atoms with Crippen molar-refractivity contribution in [3.63, 3.8) is 0 Å². The number of anilines is 1. The topological polar surface area (TPSA) is 169 Å². The highest BCUT2D eigenvalue weighted by molar-refractivity contribution is 6.02. The van der Waals surface area contributed by atoms with E-state index in [1.54, 1.807) is 62.1 Å². The predicted molar refractivity (Wildman–Crippen MR) is 169 cm³/mol. The molecule has 242 valence electrons. The van der Waals surface area contributed by atoms with E-state index in [4.69, 9.17) is 14.6 Å². The van der Waals surface area contributed by atoms with Crippen molar-refractivity contribution in [3.8, 4) is 17.2 Å². The molecule has 3 N–H and O–H groups in total. The molecule has 0 unspecified atom stereocenters. The van der Waals surface area contributed by atoms with Crippen LogP contribution in [0.15, 0.2) is 60.9 Å². The molecule has 0 aromatic carbocycles. The summed E-state index contributed by atoms with van der Waals surface area (Å²) in [5.41, 5.74) is 1.81. The summed E-state index contributed by atoms with van der Waals surface area (Å²) in [5, 5.41) is 17.2. The Morgan fingerprint density at radius 2 is 1.85 bits per heavy atom. The average Bonchev–Trinajstić information content (AvgIpc) is 3.73. The van der Waals surface area contributed by atoms with Crippen LogP contribution < -0.4 is 10.6 Å². The van der Waals surface area contributed by atoms with Crippen LogP contribution in [-0.2, 0) is 14.3 Å². The van der Waals surface area contributed by atoms with Gasteiger partial charge < -0.3 is 25.0 Å². The van der Waals surface area contributed by atoms with Crippen LogP contribution in [0.4, 0.5) is 10.6 Å². The molecule has 0 bridgehead atoms. The van der Waals surface area contributed by atoms with Gasteiger partial charge in [-0.2, -0.15) is 14.9 Å². The maximum Gasteiger partial charge on any atom is 0.407 e. The van der Waals surface area contributed by atoms with E-state index in [2.05, 4.69) is 30.8 Å². The summed E-state index contributed by atoms with van der Waals surface area (Å²) in [6, 6.07) is 14.4. The Labute approximate surface area is 266 Å². The monoisotopic (exact) mass is 629 g/mol. The zero-order chi connectivity index (χ0) is 32.5. The molecule has 0 saturated carbocycles. The standard InChI is InChI=1S/C32H39N9O5/c1-32(2,3)46-31(44)34-16-20-45-19-13-29(42)40-17-11-22(12-18-40)26-21-28(41(39-26)27-9-4-5-14-33-27)37-30(43)25-8-6-7-23(36-25)24-10-15-35-38-24/h4-10,14-15,21-22H,11-13,16-20H2,1-3H3,(H,34,44)(H,35,38)(H,37,43). The Morgan fingerprint density at radius 3 is 2.57 bits per heavy atom. The number of hydrogen-bond acceptors (Lipinski definition) is 9. The van der Waals surface area contributed by atoms with Gasteiger partial charge in [-0.1, -0.05) is 12.1 Å². The van der Waals surface area contributed by atoms with Gasteiger partial charge in [-0.3, -0.25) is 14.7 Å². The van der Waals surface area contributed by atoms with E-state index in [1.807, 2.05) is 29.2 Å². The number of aromatic nitrogens is 6.